The molecule has 0 spiro atoms. The Labute approximate surface area is 90.6 Å². The molecule has 1 saturated heterocycles. The van der Waals surface area contributed by atoms with E-state index in [9.17, 15) is 0 Å². The van der Waals surface area contributed by atoms with Gasteiger partial charge in [-0.2, -0.15) is 0 Å². The number of nitrogens with one attached hydrogen (secondary N) is 1. The standard InChI is InChI=1S/C11H19N3O/c1-8-6-14(5-4-12-8)7-11-9(2)13-15-10(11)3/h8,12H,4-7H2,1-3H3. The summed E-state index contributed by atoms with van der Waals surface area (Å²) in [4.78, 5) is 2.45. The molecule has 1 atom stereocenters. The van der Waals surface area contributed by atoms with Crippen molar-refractivity contribution >= 4 is 0 Å². The van der Waals surface area contributed by atoms with Gasteiger partial charge in [-0.25, -0.2) is 0 Å². The van der Waals surface area contributed by atoms with Crippen molar-refractivity contribution in [2.75, 3.05) is 19.6 Å². The van der Waals surface area contributed by atoms with E-state index >= 15 is 0 Å². The van der Waals surface area contributed by atoms with Gasteiger partial charge in [0.1, 0.15) is 5.76 Å². The highest BCUT2D eigenvalue weighted by atomic mass is 16.5. The van der Waals surface area contributed by atoms with Crippen LogP contribution in [0, 0.1) is 13.8 Å². The van der Waals surface area contributed by atoms with Crippen molar-refractivity contribution in [2.45, 2.75) is 33.4 Å². The van der Waals surface area contributed by atoms with E-state index in [1.165, 1.54) is 5.56 Å². The van der Waals surface area contributed by atoms with Crippen molar-refractivity contribution in [3.63, 3.8) is 0 Å². The Balaban J connectivity index is 2.02. The summed E-state index contributed by atoms with van der Waals surface area (Å²) in [6.45, 7) is 10.5. The molecule has 4 heteroatoms. The maximum atomic E-state index is 5.17. The number of rotatable bonds is 2. The van der Waals surface area contributed by atoms with Gasteiger partial charge in [0.15, 0.2) is 0 Å². The second-order valence-electron chi connectivity index (χ2n) is 4.39. The van der Waals surface area contributed by atoms with E-state index in [1.807, 2.05) is 13.8 Å². The molecule has 84 valence electrons. The minimum Gasteiger partial charge on any atom is -0.361 e. The van der Waals surface area contributed by atoms with E-state index in [2.05, 4.69) is 22.3 Å². The third-order valence-electron chi connectivity index (χ3n) is 3.02. The molecule has 0 aliphatic carbocycles. The monoisotopic (exact) mass is 209 g/mol. The first-order valence-electron chi connectivity index (χ1n) is 5.54. The van der Waals surface area contributed by atoms with E-state index in [1.54, 1.807) is 0 Å². The summed E-state index contributed by atoms with van der Waals surface area (Å²) in [6.07, 6.45) is 0. The molecule has 1 fully saturated rings. The second-order valence-corrected chi connectivity index (χ2v) is 4.39. The molecular formula is C11H19N3O. The topological polar surface area (TPSA) is 41.3 Å². The van der Waals surface area contributed by atoms with Gasteiger partial charge in [0.05, 0.1) is 5.69 Å². The minimum atomic E-state index is 0.583. The molecule has 0 amide bonds. The largest absolute Gasteiger partial charge is 0.361 e. The molecule has 1 aromatic rings. The fraction of sp³-hybridized carbons (Fsp3) is 0.727. The van der Waals surface area contributed by atoms with Gasteiger partial charge in [-0.15, -0.1) is 0 Å². The van der Waals surface area contributed by atoms with Crippen molar-refractivity contribution < 1.29 is 4.52 Å². The lowest BCUT2D eigenvalue weighted by Gasteiger charge is -2.31. The highest BCUT2D eigenvalue weighted by Gasteiger charge is 2.18. The van der Waals surface area contributed by atoms with Crippen LogP contribution in [0.1, 0.15) is 23.9 Å². The van der Waals surface area contributed by atoms with Gasteiger partial charge in [0.25, 0.3) is 0 Å². The third-order valence-corrected chi connectivity index (χ3v) is 3.02. The Morgan fingerprint density at radius 3 is 2.93 bits per heavy atom. The van der Waals surface area contributed by atoms with Gasteiger partial charge in [-0.3, -0.25) is 4.90 Å². The summed E-state index contributed by atoms with van der Waals surface area (Å²) >= 11 is 0. The number of aromatic nitrogens is 1. The fourth-order valence-electron chi connectivity index (χ4n) is 2.11. The van der Waals surface area contributed by atoms with Crippen LogP contribution < -0.4 is 5.32 Å². The molecule has 0 bridgehead atoms. The molecule has 4 nitrogen and oxygen atoms in total. The first kappa shape index (κ1) is 10.6. The van der Waals surface area contributed by atoms with Gasteiger partial charge in [-0.1, -0.05) is 5.16 Å². The summed E-state index contributed by atoms with van der Waals surface area (Å²) in [5.74, 6) is 0.957. The zero-order valence-corrected chi connectivity index (χ0v) is 9.71. The van der Waals surface area contributed by atoms with Crippen molar-refractivity contribution in [1.82, 2.24) is 15.4 Å². The number of piperazine rings is 1. The van der Waals surface area contributed by atoms with Crippen LogP contribution in [-0.4, -0.2) is 35.7 Å². The normalized spacial score (nSPS) is 23.3. The lowest BCUT2D eigenvalue weighted by atomic mass is 10.1. The SMILES string of the molecule is Cc1noc(C)c1CN1CCNC(C)C1. The van der Waals surface area contributed by atoms with Crippen LogP contribution in [0.15, 0.2) is 4.52 Å². The van der Waals surface area contributed by atoms with Crippen LogP contribution in [0.5, 0.6) is 0 Å². The molecular weight excluding hydrogens is 190 g/mol. The van der Waals surface area contributed by atoms with E-state index in [0.717, 1.165) is 37.6 Å². The molecule has 1 N–H and O–H groups in total. The first-order chi connectivity index (χ1) is 7.16. The smallest absolute Gasteiger partial charge is 0.138 e. The predicted octanol–water partition coefficient (Wildman–Crippen LogP) is 1.09. The molecule has 0 radical (unpaired) electrons. The molecule has 2 rings (SSSR count). The average Bonchev–Trinajstić information content (AvgIpc) is 2.50. The number of nitrogens with zero attached hydrogens (tertiary/aromatic N) is 2. The fourth-order valence-corrected chi connectivity index (χ4v) is 2.11. The number of hydrogen-bond acceptors (Lipinski definition) is 4. The van der Waals surface area contributed by atoms with Gasteiger partial charge in [-0.05, 0) is 20.8 Å². The van der Waals surface area contributed by atoms with Crippen molar-refractivity contribution in [2.24, 2.45) is 0 Å². The molecule has 2 heterocycles. The summed E-state index contributed by atoms with van der Waals surface area (Å²) in [5.41, 5.74) is 2.28. The zero-order valence-electron chi connectivity index (χ0n) is 9.71. The van der Waals surface area contributed by atoms with Crippen molar-refractivity contribution in [3.8, 4) is 0 Å². The van der Waals surface area contributed by atoms with Gasteiger partial charge in [0.2, 0.25) is 0 Å². The summed E-state index contributed by atoms with van der Waals surface area (Å²) in [5, 5.41) is 7.42. The maximum Gasteiger partial charge on any atom is 0.138 e. The summed E-state index contributed by atoms with van der Waals surface area (Å²) in [6, 6.07) is 0.583. The third kappa shape index (κ3) is 2.38. The lowest BCUT2D eigenvalue weighted by molar-refractivity contribution is 0.198. The highest BCUT2D eigenvalue weighted by molar-refractivity contribution is 5.20. The van der Waals surface area contributed by atoms with Crippen LogP contribution in [0.25, 0.3) is 0 Å². The van der Waals surface area contributed by atoms with E-state index in [4.69, 9.17) is 4.52 Å². The van der Waals surface area contributed by atoms with Gasteiger partial charge >= 0.3 is 0 Å². The van der Waals surface area contributed by atoms with E-state index in [0.29, 0.717) is 6.04 Å². The lowest BCUT2D eigenvalue weighted by Crippen LogP contribution is -2.48. The van der Waals surface area contributed by atoms with Crippen molar-refractivity contribution in [1.29, 1.82) is 0 Å². The van der Waals surface area contributed by atoms with Crippen LogP contribution in [-0.2, 0) is 6.54 Å². The molecule has 1 unspecified atom stereocenters. The Bertz CT molecular complexity index is 315. The Hall–Kier alpha value is -0.870. The van der Waals surface area contributed by atoms with Crippen LogP contribution >= 0.6 is 0 Å². The Kier molecular flexibility index (Phi) is 3.07. The highest BCUT2D eigenvalue weighted by Crippen LogP contribution is 2.15. The quantitative estimate of drug-likeness (QED) is 0.791. The Morgan fingerprint density at radius 1 is 1.53 bits per heavy atom. The van der Waals surface area contributed by atoms with E-state index < -0.39 is 0 Å². The molecule has 0 aromatic carbocycles. The van der Waals surface area contributed by atoms with Gasteiger partial charge in [0, 0.05) is 37.8 Å². The molecule has 0 saturated carbocycles. The average molecular weight is 209 g/mol. The van der Waals surface area contributed by atoms with Gasteiger partial charge < -0.3 is 9.84 Å². The maximum absolute atomic E-state index is 5.17. The predicted molar refractivity (Wildman–Crippen MR) is 58.7 cm³/mol. The Morgan fingerprint density at radius 2 is 2.33 bits per heavy atom. The molecule has 1 aliphatic rings. The zero-order chi connectivity index (χ0) is 10.8. The van der Waals surface area contributed by atoms with Crippen LogP contribution in [0.3, 0.4) is 0 Å². The molecule has 1 aromatic heterocycles. The van der Waals surface area contributed by atoms with Crippen LogP contribution in [0.4, 0.5) is 0 Å². The molecule has 15 heavy (non-hydrogen) atoms. The second kappa shape index (κ2) is 4.33. The van der Waals surface area contributed by atoms with Crippen molar-refractivity contribution in [3.05, 3.63) is 17.0 Å². The first-order valence-corrected chi connectivity index (χ1v) is 5.54. The van der Waals surface area contributed by atoms with E-state index in [-0.39, 0.29) is 0 Å². The summed E-state index contributed by atoms with van der Waals surface area (Å²) < 4.78 is 5.17. The molecule has 1 aliphatic heterocycles. The summed E-state index contributed by atoms with van der Waals surface area (Å²) in [7, 11) is 0. The van der Waals surface area contributed by atoms with Crippen LogP contribution in [0.2, 0.25) is 0 Å². The number of hydrogen-bond donors (Lipinski definition) is 1. The number of aryl methyl sites for hydroxylation is 2. The minimum absolute atomic E-state index is 0.583.